The van der Waals surface area contributed by atoms with E-state index in [-0.39, 0.29) is 6.29 Å². The summed E-state index contributed by atoms with van der Waals surface area (Å²) in [7, 11) is 0. The predicted molar refractivity (Wildman–Crippen MR) is 76.7 cm³/mol. The third kappa shape index (κ3) is 8.10. The molecule has 2 nitrogen and oxygen atoms in total. The Morgan fingerprint density at radius 3 is 1.83 bits per heavy atom. The molecule has 1 aliphatic rings. The van der Waals surface area contributed by atoms with E-state index < -0.39 is 0 Å². The van der Waals surface area contributed by atoms with Crippen LogP contribution < -0.4 is 0 Å². The van der Waals surface area contributed by atoms with Crippen LogP contribution in [0.2, 0.25) is 0 Å². The van der Waals surface area contributed by atoms with Crippen LogP contribution in [0.3, 0.4) is 0 Å². The summed E-state index contributed by atoms with van der Waals surface area (Å²) in [5.41, 5.74) is 0. The molecular weight excluding hydrogens is 224 g/mol. The van der Waals surface area contributed by atoms with E-state index >= 15 is 0 Å². The first-order chi connectivity index (χ1) is 8.83. The summed E-state index contributed by atoms with van der Waals surface area (Å²) in [4.78, 5) is 0. The molecule has 0 aromatic heterocycles. The van der Waals surface area contributed by atoms with Crippen LogP contribution >= 0.6 is 0 Å². The van der Waals surface area contributed by atoms with Gasteiger partial charge < -0.3 is 9.47 Å². The highest BCUT2D eigenvalue weighted by Crippen LogP contribution is 2.17. The molecular formula is C16H32O2. The molecule has 0 aromatic rings. The van der Waals surface area contributed by atoms with Gasteiger partial charge in [0.25, 0.3) is 0 Å². The zero-order valence-corrected chi connectivity index (χ0v) is 12.5. The van der Waals surface area contributed by atoms with Gasteiger partial charge >= 0.3 is 0 Å². The lowest BCUT2D eigenvalue weighted by molar-refractivity contribution is -0.200. The summed E-state index contributed by atoms with van der Waals surface area (Å²) in [6, 6.07) is 0. The van der Waals surface area contributed by atoms with Gasteiger partial charge in [0.1, 0.15) is 0 Å². The van der Waals surface area contributed by atoms with E-state index in [9.17, 15) is 0 Å². The molecule has 2 heteroatoms. The SMILES string of the molecule is CCCCCCCCCCCC1OCC(C)CO1. The molecule has 0 aliphatic carbocycles. The van der Waals surface area contributed by atoms with Crippen molar-refractivity contribution in [3.05, 3.63) is 0 Å². The van der Waals surface area contributed by atoms with E-state index in [4.69, 9.17) is 9.47 Å². The van der Waals surface area contributed by atoms with E-state index in [0.29, 0.717) is 5.92 Å². The van der Waals surface area contributed by atoms with Crippen molar-refractivity contribution in [1.29, 1.82) is 0 Å². The van der Waals surface area contributed by atoms with Gasteiger partial charge in [-0.15, -0.1) is 0 Å². The summed E-state index contributed by atoms with van der Waals surface area (Å²) in [6.45, 7) is 6.20. The van der Waals surface area contributed by atoms with Crippen LogP contribution in [-0.4, -0.2) is 19.5 Å². The Morgan fingerprint density at radius 2 is 1.28 bits per heavy atom. The second-order valence-electron chi connectivity index (χ2n) is 5.82. The van der Waals surface area contributed by atoms with Crippen LogP contribution in [-0.2, 0) is 9.47 Å². The molecule has 1 saturated heterocycles. The van der Waals surface area contributed by atoms with Crippen LogP contribution in [0.4, 0.5) is 0 Å². The largest absolute Gasteiger partial charge is 0.352 e. The minimum absolute atomic E-state index is 0.0887. The fourth-order valence-electron chi connectivity index (χ4n) is 2.43. The fraction of sp³-hybridized carbons (Fsp3) is 1.00. The lowest BCUT2D eigenvalue weighted by Crippen LogP contribution is -2.30. The molecule has 1 aliphatic heterocycles. The van der Waals surface area contributed by atoms with Crippen LogP contribution in [0.25, 0.3) is 0 Å². The second kappa shape index (κ2) is 10.8. The zero-order valence-electron chi connectivity index (χ0n) is 12.5. The number of ether oxygens (including phenoxy) is 2. The highest BCUT2D eigenvalue weighted by molar-refractivity contribution is 4.58. The fourth-order valence-corrected chi connectivity index (χ4v) is 2.43. The van der Waals surface area contributed by atoms with Crippen molar-refractivity contribution in [3.8, 4) is 0 Å². The molecule has 0 atom stereocenters. The molecule has 0 amide bonds. The smallest absolute Gasteiger partial charge is 0.157 e. The molecule has 0 N–H and O–H groups in total. The molecule has 0 saturated carbocycles. The molecule has 0 aromatic carbocycles. The minimum Gasteiger partial charge on any atom is -0.352 e. The van der Waals surface area contributed by atoms with Crippen LogP contribution in [0.5, 0.6) is 0 Å². The van der Waals surface area contributed by atoms with Gasteiger partial charge in [-0.1, -0.05) is 65.2 Å². The Balaban J connectivity index is 1.78. The van der Waals surface area contributed by atoms with Crippen molar-refractivity contribution in [2.24, 2.45) is 5.92 Å². The first kappa shape index (κ1) is 16.0. The van der Waals surface area contributed by atoms with Crippen molar-refractivity contribution >= 4 is 0 Å². The minimum atomic E-state index is 0.0887. The molecule has 1 heterocycles. The van der Waals surface area contributed by atoms with E-state index in [1.807, 2.05) is 0 Å². The molecule has 0 bridgehead atoms. The van der Waals surface area contributed by atoms with E-state index in [0.717, 1.165) is 19.6 Å². The second-order valence-corrected chi connectivity index (χ2v) is 5.82. The predicted octanol–water partition coefficient (Wildman–Crippen LogP) is 4.92. The lowest BCUT2D eigenvalue weighted by Gasteiger charge is -2.27. The number of hydrogen-bond acceptors (Lipinski definition) is 2. The topological polar surface area (TPSA) is 18.5 Å². The summed E-state index contributed by atoms with van der Waals surface area (Å²) in [5, 5.41) is 0. The monoisotopic (exact) mass is 256 g/mol. The van der Waals surface area contributed by atoms with Gasteiger partial charge in [-0.05, 0) is 12.8 Å². The van der Waals surface area contributed by atoms with E-state index in [2.05, 4.69) is 13.8 Å². The number of hydrogen-bond donors (Lipinski definition) is 0. The van der Waals surface area contributed by atoms with Crippen LogP contribution in [0, 0.1) is 5.92 Å². The molecule has 1 rings (SSSR count). The maximum absolute atomic E-state index is 5.64. The summed E-state index contributed by atoms with van der Waals surface area (Å²) in [6.07, 6.45) is 13.6. The zero-order chi connectivity index (χ0) is 13.1. The van der Waals surface area contributed by atoms with Gasteiger partial charge in [-0.2, -0.15) is 0 Å². The van der Waals surface area contributed by atoms with Crippen molar-refractivity contribution in [2.45, 2.75) is 84.3 Å². The highest BCUT2D eigenvalue weighted by atomic mass is 16.7. The summed E-state index contributed by atoms with van der Waals surface area (Å²) >= 11 is 0. The quantitative estimate of drug-likeness (QED) is 0.517. The molecule has 0 radical (unpaired) electrons. The first-order valence-electron chi connectivity index (χ1n) is 8.06. The molecule has 108 valence electrons. The lowest BCUT2D eigenvalue weighted by atomic mass is 10.1. The first-order valence-corrected chi connectivity index (χ1v) is 8.06. The standard InChI is InChI=1S/C16H32O2/c1-3-4-5-6-7-8-9-10-11-12-16-17-13-15(2)14-18-16/h15-16H,3-14H2,1-2H3. The number of rotatable bonds is 10. The summed E-state index contributed by atoms with van der Waals surface area (Å²) in [5.74, 6) is 0.573. The Kier molecular flexibility index (Phi) is 9.59. The van der Waals surface area contributed by atoms with Crippen molar-refractivity contribution in [1.82, 2.24) is 0 Å². The van der Waals surface area contributed by atoms with Crippen molar-refractivity contribution in [2.75, 3.05) is 13.2 Å². The normalized spacial score (nSPS) is 24.3. The summed E-state index contributed by atoms with van der Waals surface area (Å²) < 4.78 is 11.3. The van der Waals surface area contributed by atoms with E-state index in [1.54, 1.807) is 0 Å². The van der Waals surface area contributed by atoms with Gasteiger partial charge in [-0.3, -0.25) is 0 Å². The Morgan fingerprint density at radius 1 is 0.778 bits per heavy atom. The van der Waals surface area contributed by atoms with Gasteiger partial charge in [0.15, 0.2) is 6.29 Å². The van der Waals surface area contributed by atoms with Gasteiger partial charge in [-0.25, -0.2) is 0 Å². The van der Waals surface area contributed by atoms with Gasteiger partial charge in [0.05, 0.1) is 13.2 Å². The van der Waals surface area contributed by atoms with Crippen LogP contribution in [0.1, 0.15) is 78.1 Å². The molecule has 0 spiro atoms. The molecule has 0 unspecified atom stereocenters. The van der Waals surface area contributed by atoms with Crippen molar-refractivity contribution in [3.63, 3.8) is 0 Å². The Hall–Kier alpha value is -0.0800. The maximum atomic E-state index is 5.64. The van der Waals surface area contributed by atoms with E-state index in [1.165, 1.54) is 57.8 Å². The molecule has 18 heavy (non-hydrogen) atoms. The number of unbranched alkanes of at least 4 members (excludes halogenated alkanes) is 8. The van der Waals surface area contributed by atoms with Crippen LogP contribution in [0.15, 0.2) is 0 Å². The maximum Gasteiger partial charge on any atom is 0.157 e. The van der Waals surface area contributed by atoms with Gasteiger partial charge in [0.2, 0.25) is 0 Å². The Bertz CT molecular complexity index is 174. The average molecular weight is 256 g/mol. The van der Waals surface area contributed by atoms with Gasteiger partial charge in [0, 0.05) is 5.92 Å². The third-order valence-corrected chi connectivity index (χ3v) is 3.68. The third-order valence-electron chi connectivity index (χ3n) is 3.68. The highest BCUT2D eigenvalue weighted by Gasteiger charge is 2.18. The average Bonchev–Trinajstić information content (AvgIpc) is 2.39. The Labute approximate surface area is 113 Å². The van der Waals surface area contributed by atoms with Crippen molar-refractivity contribution < 1.29 is 9.47 Å². The molecule has 1 fully saturated rings.